The topological polar surface area (TPSA) is 114 Å². The van der Waals surface area contributed by atoms with Crippen molar-refractivity contribution in [2.24, 2.45) is 0 Å². The molecule has 0 aliphatic carbocycles. The second kappa shape index (κ2) is 7.99. The van der Waals surface area contributed by atoms with Crippen molar-refractivity contribution >= 4 is 21.8 Å². The van der Waals surface area contributed by atoms with Crippen molar-refractivity contribution in [2.45, 2.75) is 11.8 Å². The first-order chi connectivity index (χ1) is 11.8. The van der Waals surface area contributed by atoms with Gasteiger partial charge in [-0.1, -0.05) is 17.7 Å². The maximum absolute atomic E-state index is 12.4. The molecular weight excluding hydrogens is 350 g/mol. The Morgan fingerprint density at radius 3 is 2.44 bits per heavy atom. The Labute approximate surface area is 145 Å². The Bertz CT molecular complexity index is 773. The Morgan fingerprint density at radius 2 is 1.84 bits per heavy atom. The number of hydrogen-bond acceptors (Lipinski definition) is 6. The average Bonchev–Trinajstić information content (AvgIpc) is 2.60. The van der Waals surface area contributed by atoms with Crippen LogP contribution in [0, 0.1) is 6.92 Å². The lowest BCUT2D eigenvalue weighted by molar-refractivity contribution is -0.129. The predicted octanol–water partition coefficient (Wildman–Crippen LogP) is -0.349. The summed E-state index contributed by atoms with van der Waals surface area (Å²) in [6.07, 6.45) is 1.14. The maximum Gasteiger partial charge on any atom is 0.308 e. The molecule has 1 aromatic rings. The van der Waals surface area contributed by atoms with Gasteiger partial charge in [-0.05, 0) is 19.1 Å². The van der Waals surface area contributed by atoms with E-state index in [1.165, 1.54) is 19.2 Å². The van der Waals surface area contributed by atoms with Crippen LogP contribution in [0.1, 0.15) is 5.56 Å². The number of carbonyl (C=O) groups is 2. The average molecular weight is 369 g/mol. The minimum atomic E-state index is -3.81. The van der Waals surface area contributed by atoms with E-state index in [1.54, 1.807) is 12.1 Å². The molecule has 2 rings (SSSR count). The van der Waals surface area contributed by atoms with Crippen molar-refractivity contribution in [3.05, 3.63) is 41.9 Å². The summed E-state index contributed by atoms with van der Waals surface area (Å²) in [7, 11) is -2.53. The fraction of sp³-hybridized carbons (Fsp3) is 0.333. The van der Waals surface area contributed by atoms with Crippen molar-refractivity contribution in [2.75, 3.05) is 26.8 Å². The van der Waals surface area contributed by atoms with E-state index in [0.717, 1.165) is 16.1 Å². The molecule has 1 aliphatic rings. The van der Waals surface area contributed by atoms with E-state index in [1.807, 2.05) is 6.92 Å². The van der Waals surface area contributed by atoms with Crippen LogP contribution in [0.25, 0.3) is 0 Å². The molecule has 1 aromatic carbocycles. The van der Waals surface area contributed by atoms with Crippen molar-refractivity contribution < 1.29 is 27.5 Å². The summed E-state index contributed by atoms with van der Waals surface area (Å²) in [5.41, 5.74) is 5.17. The number of hydrazine groups is 1. The van der Waals surface area contributed by atoms with Gasteiger partial charge >= 0.3 is 5.91 Å². The molecule has 1 heterocycles. The van der Waals surface area contributed by atoms with Gasteiger partial charge in [-0.15, -0.1) is 0 Å². The largest absolute Gasteiger partial charge is 0.494 e. The third kappa shape index (κ3) is 4.94. The van der Waals surface area contributed by atoms with Gasteiger partial charge in [0.15, 0.2) is 0 Å². The highest BCUT2D eigenvalue weighted by molar-refractivity contribution is 7.89. The zero-order valence-electron chi connectivity index (χ0n) is 13.8. The number of nitrogens with zero attached hydrogens (tertiary/aromatic N) is 1. The van der Waals surface area contributed by atoms with Crippen LogP contribution in [0.3, 0.4) is 0 Å². The molecule has 2 amide bonds. The number of sulfonamides is 1. The molecule has 9 nitrogen and oxygen atoms in total. The molecule has 0 unspecified atom stereocenters. The van der Waals surface area contributed by atoms with Crippen LogP contribution in [0.2, 0.25) is 0 Å². The van der Waals surface area contributed by atoms with Crippen LogP contribution < -0.4 is 10.9 Å². The lowest BCUT2D eigenvalue weighted by Crippen LogP contribution is -2.47. The quantitative estimate of drug-likeness (QED) is 0.686. The van der Waals surface area contributed by atoms with Crippen LogP contribution in [0.4, 0.5) is 0 Å². The Balaban J connectivity index is 1.89. The highest BCUT2D eigenvalue weighted by atomic mass is 32.2. The fourth-order valence-electron chi connectivity index (χ4n) is 1.89. The van der Waals surface area contributed by atoms with E-state index in [0.29, 0.717) is 6.61 Å². The molecule has 0 atom stereocenters. The standard InChI is InChI=1S/C15H19N3O6S/c1-11-3-5-12(6-4-11)25(21,22)18(2)9-14(19)16-17-15(20)13-10-23-7-8-24-13/h3-6,10H,7-9H2,1-2H3,(H,16,19)(H,17,20). The van der Waals surface area contributed by atoms with Gasteiger partial charge < -0.3 is 9.47 Å². The van der Waals surface area contributed by atoms with Gasteiger partial charge in [-0.2, -0.15) is 4.31 Å². The van der Waals surface area contributed by atoms with Crippen LogP contribution in [0.15, 0.2) is 41.2 Å². The van der Waals surface area contributed by atoms with Crippen LogP contribution in [-0.2, 0) is 29.1 Å². The van der Waals surface area contributed by atoms with Gasteiger partial charge in [0.25, 0.3) is 5.91 Å². The molecule has 10 heteroatoms. The predicted molar refractivity (Wildman–Crippen MR) is 87.3 cm³/mol. The van der Waals surface area contributed by atoms with Crippen molar-refractivity contribution in [3.8, 4) is 0 Å². The minimum Gasteiger partial charge on any atom is -0.494 e. The Morgan fingerprint density at radius 1 is 1.16 bits per heavy atom. The summed E-state index contributed by atoms with van der Waals surface area (Å²) in [6, 6.07) is 6.27. The molecule has 0 bridgehead atoms. The first-order valence-electron chi connectivity index (χ1n) is 7.37. The molecule has 0 saturated carbocycles. The number of rotatable bonds is 5. The van der Waals surface area contributed by atoms with Gasteiger partial charge in [0.05, 0.1) is 11.4 Å². The molecule has 0 radical (unpaired) electrons. The van der Waals surface area contributed by atoms with E-state index < -0.39 is 28.4 Å². The molecule has 1 aliphatic heterocycles. The number of amides is 2. The van der Waals surface area contributed by atoms with E-state index in [2.05, 4.69) is 10.9 Å². The molecule has 0 saturated heterocycles. The number of likely N-dealkylation sites (N-methyl/N-ethyl adjacent to an activating group) is 1. The van der Waals surface area contributed by atoms with E-state index in [4.69, 9.17) is 9.47 Å². The summed E-state index contributed by atoms with van der Waals surface area (Å²) < 4.78 is 35.6. The highest BCUT2D eigenvalue weighted by Crippen LogP contribution is 2.14. The molecule has 0 fully saturated rings. The normalized spacial score (nSPS) is 14.1. The minimum absolute atomic E-state index is 0.0767. The van der Waals surface area contributed by atoms with Gasteiger partial charge in [0, 0.05) is 7.05 Å². The zero-order valence-corrected chi connectivity index (χ0v) is 14.6. The summed E-state index contributed by atoms with van der Waals surface area (Å²) in [5, 5.41) is 0. The second-order valence-electron chi connectivity index (χ2n) is 5.28. The van der Waals surface area contributed by atoms with Crippen molar-refractivity contribution in [1.82, 2.24) is 15.2 Å². The Hall–Kier alpha value is -2.59. The number of carbonyl (C=O) groups excluding carboxylic acids is 2. The smallest absolute Gasteiger partial charge is 0.308 e. The second-order valence-corrected chi connectivity index (χ2v) is 7.32. The molecule has 0 spiro atoms. The molecule has 0 aromatic heterocycles. The number of benzene rings is 1. The summed E-state index contributed by atoms with van der Waals surface area (Å²) >= 11 is 0. The third-order valence-corrected chi connectivity index (χ3v) is 5.10. The van der Waals surface area contributed by atoms with Crippen molar-refractivity contribution in [1.29, 1.82) is 0 Å². The van der Waals surface area contributed by atoms with Gasteiger partial charge in [0.1, 0.15) is 19.5 Å². The molecule has 25 heavy (non-hydrogen) atoms. The highest BCUT2D eigenvalue weighted by Gasteiger charge is 2.23. The van der Waals surface area contributed by atoms with Gasteiger partial charge in [-0.3, -0.25) is 20.4 Å². The lowest BCUT2D eigenvalue weighted by Gasteiger charge is -2.18. The summed E-state index contributed by atoms with van der Waals surface area (Å²) in [6.45, 7) is 1.94. The van der Waals surface area contributed by atoms with E-state index in [-0.39, 0.29) is 17.3 Å². The molecule has 136 valence electrons. The number of aryl methyl sites for hydroxylation is 1. The SMILES string of the molecule is Cc1ccc(S(=O)(=O)N(C)CC(=O)NNC(=O)C2=COCCO2)cc1. The van der Waals surface area contributed by atoms with Crippen LogP contribution in [-0.4, -0.2) is 51.3 Å². The van der Waals surface area contributed by atoms with Crippen LogP contribution >= 0.6 is 0 Å². The summed E-state index contributed by atoms with van der Waals surface area (Å²) in [4.78, 5) is 23.6. The van der Waals surface area contributed by atoms with Gasteiger partial charge in [-0.25, -0.2) is 8.42 Å². The summed E-state index contributed by atoms with van der Waals surface area (Å²) in [5.74, 6) is -1.48. The lowest BCUT2D eigenvalue weighted by atomic mass is 10.2. The number of hydrogen-bond donors (Lipinski definition) is 2. The fourth-order valence-corrected chi connectivity index (χ4v) is 3.02. The number of nitrogens with one attached hydrogen (secondary N) is 2. The van der Waals surface area contributed by atoms with E-state index >= 15 is 0 Å². The zero-order chi connectivity index (χ0) is 18.4. The Kier molecular flexibility index (Phi) is 5.99. The van der Waals surface area contributed by atoms with Gasteiger partial charge in [0.2, 0.25) is 15.8 Å². The first kappa shape index (κ1) is 18.7. The third-order valence-electron chi connectivity index (χ3n) is 3.28. The first-order valence-corrected chi connectivity index (χ1v) is 8.81. The van der Waals surface area contributed by atoms with Crippen LogP contribution in [0.5, 0.6) is 0 Å². The van der Waals surface area contributed by atoms with E-state index in [9.17, 15) is 18.0 Å². The molecular formula is C15H19N3O6S. The molecule has 2 N–H and O–H groups in total. The maximum atomic E-state index is 12.4. The monoisotopic (exact) mass is 369 g/mol. The van der Waals surface area contributed by atoms with Crippen molar-refractivity contribution in [3.63, 3.8) is 0 Å². The number of ether oxygens (including phenoxy) is 2.